The molecule has 0 radical (unpaired) electrons. The maximum Gasteiger partial charge on any atom is 0.232 e. The number of nitrogens with zero attached hydrogens (tertiary/aromatic N) is 2. The first-order valence-corrected chi connectivity index (χ1v) is 7.66. The number of hydrogen-bond donors (Lipinski definition) is 0. The van der Waals surface area contributed by atoms with Gasteiger partial charge in [0.2, 0.25) is 5.95 Å². The van der Waals surface area contributed by atoms with E-state index in [0.29, 0.717) is 24.1 Å². The predicted molar refractivity (Wildman–Crippen MR) is 83.1 cm³/mol. The molecule has 1 rings (SSSR count). The molecule has 0 saturated carbocycles. The van der Waals surface area contributed by atoms with E-state index in [1.165, 1.54) is 6.20 Å². The van der Waals surface area contributed by atoms with Gasteiger partial charge >= 0.3 is 0 Å². The number of pyridine rings is 1. The van der Waals surface area contributed by atoms with E-state index in [1.54, 1.807) is 12.1 Å². The average Bonchev–Trinajstić information content (AvgIpc) is 2.36. The fraction of sp³-hybridized carbons (Fsp3) is 0.429. The second-order valence-electron chi connectivity index (χ2n) is 5.19. The van der Waals surface area contributed by atoms with Crippen LogP contribution in [0.1, 0.15) is 39.2 Å². The number of aromatic nitrogens is 1. The zero-order chi connectivity index (χ0) is 15.3. The second-order valence-corrected chi connectivity index (χ2v) is 7.47. The third-order valence-corrected chi connectivity index (χ3v) is 4.25. The van der Waals surface area contributed by atoms with Crippen LogP contribution in [0.2, 0.25) is 5.02 Å². The largest absolute Gasteiger partial charge is 0.234 e. The summed E-state index contributed by atoms with van der Waals surface area (Å²) in [5, 5.41) is -0.0961. The summed E-state index contributed by atoms with van der Waals surface area (Å²) in [6, 6.07) is 1.58. The minimum absolute atomic E-state index is 0.0961. The van der Waals surface area contributed by atoms with Crippen molar-refractivity contribution in [2.75, 3.05) is 0 Å². The highest BCUT2D eigenvalue weighted by atomic mass is 35.5. The van der Waals surface area contributed by atoms with Gasteiger partial charge in [0, 0.05) is 11.8 Å². The van der Waals surface area contributed by atoms with Crippen LogP contribution in [-0.4, -0.2) is 19.7 Å². The van der Waals surface area contributed by atoms with E-state index < -0.39 is 21.7 Å². The van der Waals surface area contributed by atoms with Crippen molar-refractivity contribution in [1.29, 1.82) is 0 Å². The molecule has 20 heavy (non-hydrogen) atoms. The van der Waals surface area contributed by atoms with Gasteiger partial charge in [0.25, 0.3) is 0 Å². The highest BCUT2D eigenvalue weighted by Crippen LogP contribution is 2.22. The fourth-order valence-electron chi connectivity index (χ4n) is 1.35. The lowest BCUT2D eigenvalue weighted by Crippen LogP contribution is -2.21. The average molecular weight is 317 g/mol. The van der Waals surface area contributed by atoms with E-state index in [9.17, 15) is 8.60 Å². The fourth-order valence-corrected chi connectivity index (χ4v) is 2.23. The molecule has 0 spiro atoms. The standard InChI is InChI=1S/C14H18ClFN2OS/c1-5-6-7-11(18-20(19)14(2,3)4)10-8-9-17-13(16)12(10)15/h5,8-9H,1,6-7H2,2-4H3/b18-11+/t20-/m0/s1. The quantitative estimate of drug-likeness (QED) is 0.466. The maximum absolute atomic E-state index is 13.4. The molecule has 1 aromatic rings. The van der Waals surface area contributed by atoms with E-state index in [0.717, 1.165) is 0 Å². The lowest BCUT2D eigenvalue weighted by atomic mass is 10.1. The Hall–Kier alpha value is -1.07. The molecule has 0 bridgehead atoms. The van der Waals surface area contributed by atoms with Crippen LogP contribution in [0, 0.1) is 5.95 Å². The van der Waals surface area contributed by atoms with Crippen molar-refractivity contribution in [3.8, 4) is 0 Å². The highest BCUT2D eigenvalue weighted by Gasteiger charge is 2.21. The van der Waals surface area contributed by atoms with Gasteiger partial charge in [-0.1, -0.05) is 17.7 Å². The molecule has 0 aromatic carbocycles. The van der Waals surface area contributed by atoms with Crippen LogP contribution in [-0.2, 0) is 11.0 Å². The Balaban J connectivity index is 3.25. The summed E-state index contributed by atoms with van der Waals surface area (Å²) < 4.78 is 29.3. The first kappa shape index (κ1) is 17.0. The first-order chi connectivity index (χ1) is 9.27. The molecule has 0 unspecified atom stereocenters. The maximum atomic E-state index is 13.4. The molecule has 0 aliphatic heterocycles. The van der Waals surface area contributed by atoms with Crippen molar-refractivity contribution < 1.29 is 8.60 Å². The summed E-state index contributed by atoms with van der Waals surface area (Å²) in [5.74, 6) is -0.753. The predicted octanol–water partition coefficient (Wildman–Crippen LogP) is 4.09. The van der Waals surface area contributed by atoms with Gasteiger partial charge in [0.1, 0.15) is 16.0 Å². The van der Waals surface area contributed by atoms with Gasteiger partial charge in [-0.2, -0.15) is 8.79 Å². The molecule has 0 aliphatic rings. The van der Waals surface area contributed by atoms with E-state index in [4.69, 9.17) is 11.6 Å². The summed E-state index contributed by atoms with van der Waals surface area (Å²) in [4.78, 5) is 3.48. The smallest absolute Gasteiger partial charge is 0.232 e. The van der Waals surface area contributed by atoms with Crippen LogP contribution < -0.4 is 0 Å². The van der Waals surface area contributed by atoms with Crippen LogP contribution in [0.5, 0.6) is 0 Å². The van der Waals surface area contributed by atoms with E-state index in [-0.39, 0.29) is 5.02 Å². The van der Waals surface area contributed by atoms with Crippen molar-refractivity contribution in [2.24, 2.45) is 4.40 Å². The normalized spacial score (nSPS) is 14.2. The molecule has 0 fully saturated rings. The number of allylic oxidation sites excluding steroid dienone is 1. The summed E-state index contributed by atoms with van der Waals surface area (Å²) >= 11 is 5.92. The highest BCUT2D eigenvalue weighted by molar-refractivity contribution is 7.85. The van der Waals surface area contributed by atoms with Gasteiger partial charge in [0.15, 0.2) is 0 Å². The molecule has 1 aromatic heterocycles. The SMILES string of the molecule is C=CCC/C(=N\[S@@](=O)C(C)(C)C)c1ccnc(F)c1Cl. The van der Waals surface area contributed by atoms with Gasteiger partial charge in [-0.25, -0.2) is 9.19 Å². The summed E-state index contributed by atoms with van der Waals surface area (Å²) in [7, 11) is -1.43. The number of halogens is 2. The van der Waals surface area contributed by atoms with Crippen molar-refractivity contribution >= 4 is 28.3 Å². The third-order valence-electron chi connectivity index (χ3n) is 2.46. The third kappa shape index (κ3) is 4.49. The molecular weight excluding hydrogens is 299 g/mol. The van der Waals surface area contributed by atoms with Crippen LogP contribution in [0.25, 0.3) is 0 Å². The first-order valence-electron chi connectivity index (χ1n) is 6.18. The van der Waals surface area contributed by atoms with Gasteiger partial charge < -0.3 is 0 Å². The van der Waals surface area contributed by atoms with Crippen LogP contribution in [0.3, 0.4) is 0 Å². The van der Waals surface area contributed by atoms with Gasteiger partial charge in [-0.05, 0) is 39.7 Å². The van der Waals surface area contributed by atoms with Crippen LogP contribution in [0.4, 0.5) is 4.39 Å². The number of hydrogen-bond acceptors (Lipinski definition) is 2. The molecule has 0 saturated heterocycles. The lowest BCUT2D eigenvalue weighted by Gasteiger charge is -2.15. The summed E-state index contributed by atoms with van der Waals surface area (Å²) in [6.45, 7) is 9.12. The van der Waals surface area contributed by atoms with Crippen molar-refractivity contribution in [1.82, 2.24) is 4.98 Å². The molecule has 3 nitrogen and oxygen atoms in total. The summed E-state index contributed by atoms with van der Waals surface area (Å²) in [5.41, 5.74) is 0.933. The monoisotopic (exact) mass is 316 g/mol. The van der Waals surface area contributed by atoms with Crippen LogP contribution in [0.15, 0.2) is 29.3 Å². The molecule has 1 atom stereocenters. The van der Waals surface area contributed by atoms with Gasteiger partial charge in [0.05, 0.1) is 10.5 Å². The zero-order valence-electron chi connectivity index (χ0n) is 11.8. The Kier molecular flexibility index (Phi) is 6.02. The minimum Gasteiger partial charge on any atom is -0.234 e. The molecule has 0 aliphatic carbocycles. The Labute approximate surface area is 126 Å². The number of rotatable bonds is 5. The van der Waals surface area contributed by atoms with E-state index in [2.05, 4.69) is 16.0 Å². The molecular formula is C14H18ClFN2OS. The minimum atomic E-state index is -1.43. The van der Waals surface area contributed by atoms with Crippen LogP contribution >= 0.6 is 11.6 Å². The van der Waals surface area contributed by atoms with E-state index in [1.807, 2.05) is 20.8 Å². The molecule has 6 heteroatoms. The van der Waals surface area contributed by atoms with Gasteiger partial charge in [-0.15, -0.1) is 6.58 Å². The Morgan fingerprint density at radius 2 is 2.25 bits per heavy atom. The topological polar surface area (TPSA) is 42.3 Å². The van der Waals surface area contributed by atoms with E-state index >= 15 is 0 Å². The molecule has 110 valence electrons. The Morgan fingerprint density at radius 3 is 2.80 bits per heavy atom. The second kappa shape index (κ2) is 7.09. The van der Waals surface area contributed by atoms with Gasteiger partial charge in [-0.3, -0.25) is 0 Å². The van der Waals surface area contributed by atoms with Crippen molar-refractivity contribution in [2.45, 2.75) is 38.4 Å². The summed E-state index contributed by atoms with van der Waals surface area (Å²) in [6.07, 6.45) is 4.18. The molecule has 0 N–H and O–H groups in total. The zero-order valence-corrected chi connectivity index (χ0v) is 13.4. The van der Waals surface area contributed by atoms with Crippen molar-refractivity contribution in [3.63, 3.8) is 0 Å². The lowest BCUT2D eigenvalue weighted by molar-refractivity contribution is 0.584. The van der Waals surface area contributed by atoms with Crippen molar-refractivity contribution in [3.05, 3.63) is 41.5 Å². The molecule has 1 heterocycles. The Morgan fingerprint density at radius 1 is 1.60 bits per heavy atom. The Bertz CT molecular complexity index is 553. The molecule has 0 amide bonds.